The van der Waals surface area contributed by atoms with Crippen LogP contribution in [0.4, 0.5) is 0 Å². The van der Waals surface area contributed by atoms with Crippen molar-refractivity contribution in [3.63, 3.8) is 0 Å². The van der Waals surface area contributed by atoms with E-state index in [0.29, 0.717) is 6.42 Å². The molecule has 0 heterocycles. The number of carbonyl (C=O) groups is 2. The summed E-state index contributed by atoms with van der Waals surface area (Å²) >= 11 is 1.25. The molecule has 0 saturated carbocycles. The number of aromatic carboxylic acids is 1. The maximum Gasteiger partial charge on any atom is 0.335 e. The molecule has 17 heavy (non-hydrogen) atoms. The van der Waals surface area contributed by atoms with E-state index in [1.807, 2.05) is 6.92 Å². The van der Waals surface area contributed by atoms with Crippen molar-refractivity contribution in [3.8, 4) is 0 Å². The van der Waals surface area contributed by atoms with Gasteiger partial charge in [-0.3, -0.25) is 4.79 Å². The summed E-state index contributed by atoms with van der Waals surface area (Å²) in [6, 6.07) is 6.24. The Hall–Kier alpha value is -1.49. The SMILES string of the molecule is CCCC(Sc1ccc(C(=O)O)cc1)C(=O)O. The van der Waals surface area contributed by atoms with Gasteiger partial charge in [-0.05, 0) is 30.7 Å². The number of hydrogen-bond acceptors (Lipinski definition) is 3. The van der Waals surface area contributed by atoms with Crippen LogP contribution in [-0.4, -0.2) is 27.4 Å². The van der Waals surface area contributed by atoms with Gasteiger partial charge in [-0.2, -0.15) is 0 Å². The topological polar surface area (TPSA) is 74.6 Å². The van der Waals surface area contributed by atoms with Crippen LogP contribution in [0.2, 0.25) is 0 Å². The van der Waals surface area contributed by atoms with Crippen molar-refractivity contribution < 1.29 is 19.8 Å². The summed E-state index contributed by atoms with van der Waals surface area (Å²) in [4.78, 5) is 22.4. The molecule has 1 aromatic carbocycles. The number of aliphatic carboxylic acids is 1. The van der Waals surface area contributed by atoms with Crippen LogP contribution in [0.5, 0.6) is 0 Å². The Kier molecular flexibility index (Phi) is 5.03. The highest BCUT2D eigenvalue weighted by Gasteiger charge is 2.17. The molecule has 0 radical (unpaired) electrons. The van der Waals surface area contributed by atoms with Crippen LogP contribution in [0.15, 0.2) is 29.2 Å². The van der Waals surface area contributed by atoms with Crippen molar-refractivity contribution in [2.45, 2.75) is 29.9 Å². The summed E-state index contributed by atoms with van der Waals surface area (Å²) in [6.45, 7) is 1.93. The zero-order valence-corrected chi connectivity index (χ0v) is 10.2. The van der Waals surface area contributed by atoms with Crippen LogP contribution in [0.3, 0.4) is 0 Å². The first-order valence-electron chi connectivity index (χ1n) is 5.27. The maximum atomic E-state index is 11.0. The van der Waals surface area contributed by atoms with E-state index in [9.17, 15) is 9.59 Å². The van der Waals surface area contributed by atoms with Gasteiger partial charge >= 0.3 is 11.9 Å². The summed E-state index contributed by atoms with van der Waals surface area (Å²) in [5.74, 6) is -1.82. The van der Waals surface area contributed by atoms with Crippen molar-refractivity contribution in [1.82, 2.24) is 0 Å². The first-order chi connectivity index (χ1) is 8.04. The summed E-state index contributed by atoms with van der Waals surface area (Å²) in [5.41, 5.74) is 0.205. The summed E-state index contributed by atoms with van der Waals surface area (Å²) in [7, 11) is 0. The Morgan fingerprint density at radius 1 is 1.24 bits per heavy atom. The molecule has 1 unspecified atom stereocenters. The van der Waals surface area contributed by atoms with E-state index in [-0.39, 0.29) is 5.56 Å². The van der Waals surface area contributed by atoms with E-state index >= 15 is 0 Å². The van der Waals surface area contributed by atoms with E-state index in [4.69, 9.17) is 10.2 Å². The van der Waals surface area contributed by atoms with E-state index in [0.717, 1.165) is 11.3 Å². The predicted octanol–water partition coefficient (Wildman–Crippen LogP) is 2.73. The highest BCUT2D eigenvalue weighted by Crippen LogP contribution is 2.26. The van der Waals surface area contributed by atoms with E-state index in [2.05, 4.69) is 0 Å². The van der Waals surface area contributed by atoms with Gasteiger partial charge in [-0.15, -0.1) is 11.8 Å². The van der Waals surface area contributed by atoms with Crippen LogP contribution in [0.1, 0.15) is 30.1 Å². The third-order valence-electron chi connectivity index (χ3n) is 2.21. The molecule has 0 amide bonds. The lowest BCUT2D eigenvalue weighted by molar-refractivity contribution is -0.136. The van der Waals surface area contributed by atoms with Crippen LogP contribution >= 0.6 is 11.8 Å². The quantitative estimate of drug-likeness (QED) is 0.763. The molecule has 0 bridgehead atoms. The molecule has 1 rings (SSSR count). The molecule has 5 heteroatoms. The smallest absolute Gasteiger partial charge is 0.335 e. The molecule has 0 fully saturated rings. The van der Waals surface area contributed by atoms with E-state index in [1.165, 1.54) is 23.9 Å². The Bertz CT molecular complexity index is 399. The predicted molar refractivity (Wildman–Crippen MR) is 65.6 cm³/mol. The van der Waals surface area contributed by atoms with Gasteiger partial charge < -0.3 is 10.2 Å². The van der Waals surface area contributed by atoms with Crippen molar-refractivity contribution >= 4 is 23.7 Å². The van der Waals surface area contributed by atoms with Crippen LogP contribution in [-0.2, 0) is 4.79 Å². The zero-order chi connectivity index (χ0) is 12.8. The van der Waals surface area contributed by atoms with Gasteiger partial charge in [0.15, 0.2) is 0 Å². The van der Waals surface area contributed by atoms with Crippen LogP contribution in [0, 0.1) is 0 Å². The zero-order valence-electron chi connectivity index (χ0n) is 9.42. The maximum absolute atomic E-state index is 11.0. The standard InChI is InChI=1S/C12H14O4S/c1-2-3-10(12(15)16)17-9-6-4-8(5-7-9)11(13)14/h4-7,10H,2-3H2,1H3,(H,13,14)(H,15,16). The second kappa shape index (κ2) is 6.30. The van der Waals surface area contributed by atoms with Gasteiger partial charge in [0.25, 0.3) is 0 Å². The number of hydrogen-bond donors (Lipinski definition) is 2. The molecule has 0 aliphatic carbocycles. The lowest BCUT2D eigenvalue weighted by atomic mass is 10.2. The lowest BCUT2D eigenvalue weighted by Gasteiger charge is -2.10. The molecule has 2 N–H and O–H groups in total. The number of thioether (sulfide) groups is 1. The Morgan fingerprint density at radius 2 is 1.82 bits per heavy atom. The second-order valence-electron chi connectivity index (χ2n) is 3.56. The molecule has 4 nitrogen and oxygen atoms in total. The van der Waals surface area contributed by atoms with Gasteiger partial charge in [0, 0.05) is 4.90 Å². The fourth-order valence-electron chi connectivity index (χ4n) is 1.34. The second-order valence-corrected chi connectivity index (χ2v) is 4.84. The molecule has 0 saturated heterocycles. The molecular weight excluding hydrogens is 240 g/mol. The molecule has 0 aliphatic rings. The molecule has 0 aliphatic heterocycles. The molecule has 1 atom stereocenters. The van der Waals surface area contributed by atoms with Gasteiger partial charge in [0.2, 0.25) is 0 Å². The minimum atomic E-state index is -0.982. The lowest BCUT2D eigenvalue weighted by Crippen LogP contribution is -2.15. The van der Waals surface area contributed by atoms with Gasteiger partial charge in [-0.1, -0.05) is 13.3 Å². The van der Waals surface area contributed by atoms with Crippen molar-refractivity contribution in [2.75, 3.05) is 0 Å². The van der Waals surface area contributed by atoms with Gasteiger partial charge in [0.05, 0.1) is 5.56 Å². The first kappa shape index (κ1) is 13.6. The monoisotopic (exact) mass is 254 g/mol. The minimum Gasteiger partial charge on any atom is -0.480 e. The molecule has 1 aromatic rings. The normalized spacial score (nSPS) is 12.1. The summed E-state index contributed by atoms with van der Waals surface area (Å²) in [6.07, 6.45) is 1.40. The number of carboxylic acid groups (broad SMARTS) is 2. The van der Waals surface area contributed by atoms with Crippen molar-refractivity contribution in [1.29, 1.82) is 0 Å². The highest BCUT2D eigenvalue weighted by molar-refractivity contribution is 8.00. The fourth-order valence-corrected chi connectivity index (χ4v) is 2.41. The van der Waals surface area contributed by atoms with Crippen LogP contribution in [0.25, 0.3) is 0 Å². The molecular formula is C12H14O4S. The summed E-state index contributed by atoms with van der Waals surface area (Å²) < 4.78 is 0. The summed E-state index contributed by atoms with van der Waals surface area (Å²) in [5, 5.41) is 17.2. The number of rotatable bonds is 6. The minimum absolute atomic E-state index is 0.205. The van der Waals surface area contributed by atoms with E-state index < -0.39 is 17.2 Å². The van der Waals surface area contributed by atoms with Crippen LogP contribution < -0.4 is 0 Å². The van der Waals surface area contributed by atoms with Gasteiger partial charge in [-0.25, -0.2) is 4.79 Å². The fraction of sp³-hybridized carbons (Fsp3) is 0.333. The Balaban J connectivity index is 2.73. The molecule has 92 valence electrons. The first-order valence-corrected chi connectivity index (χ1v) is 6.15. The third-order valence-corrected chi connectivity index (χ3v) is 3.47. The molecule has 0 spiro atoms. The van der Waals surface area contributed by atoms with Crippen molar-refractivity contribution in [2.24, 2.45) is 0 Å². The highest BCUT2D eigenvalue weighted by atomic mass is 32.2. The Morgan fingerprint density at radius 3 is 2.24 bits per heavy atom. The Labute approximate surface area is 104 Å². The molecule has 0 aromatic heterocycles. The largest absolute Gasteiger partial charge is 0.480 e. The van der Waals surface area contributed by atoms with E-state index in [1.54, 1.807) is 12.1 Å². The van der Waals surface area contributed by atoms with Crippen molar-refractivity contribution in [3.05, 3.63) is 29.8 Å². The number of benzene rings is 1. The third kappa shape index (κ3) is 4.11. The number of carboxylic acids is 2. The average molecular weight is 254 g/mol. The van der Waals surface area contributed by atoms with Gasteiger partial charge in [0.1, 0.15) is 5.25 Å². The average Bonchev–Trinajstić information content (AvgIpc) is 2.29.